The molecule has 18 heavy (non-hydrogen) atoms. The van der Waals surface area contributed by atoms with Crippen LogP contribution in [0.15, 0.2) is 18.2 Å². The number of alkyl halides is 1. The van der Waals surface area contributed by atoms with Gasteiger partial charge in [-0.1, -0.05) is 6.07 Å². The molecular formula is C14H16ClNO2. The first kappa shape index (κ1) is 11.8. The number of ether oxygens (including phenoxy) is 1. The Bertz CT molecular complexity index is 469. The number of hydrogen-bond acceptors (Lipinski definition) is 2. The zero-order chi connectivity index (χ0) is 12.5. The van der Waals surface area contributed by atoms with Gasteiger partial charge in [0.2, 0.25) is 5.91 Å². The summed E-state index contributed by atoms with van der Waals surface area (Å²) in [5.74, 6) is 0.962. The van der Waals surface area contributed by atoms with Crippen molar-refractivity contribution in [2.45, 2.75) is 24.6 Å². The van der Waals surface area contributed by atoms with Crippen molar-refractivity contribution in [2.24, 2.45) is 0 Å². The topological polar surface area (TPSA) is 29.5 Å². The van der Waals surface area contributed by atoms with Crippen LogP contribution in [0.25, 0.3) is 0 Å². The third-order valence-electron chi connectivity index (χ3n) is 3.64. The molecule has 0 aromatic heterocycles. The highest BCUT2D eigenvalue weighted by Crippen LogP contribution is 2.31. The van der Waals surface area contributed by atoms with E-state index in [9.17, 15) is 4.79 Å². The van der Waals surface area contributed by atoms with Crippen LogP contribution in [0, 0.1) is 0 Å². The van der Waals surface area contributed by atoms with Crippen molar-refractivity contribution >= 4 is 17.5 Å². The average molecular weight is 266 g/mol. The zero-order valence-corrected chi connectivity index (χ0v) is 10.9. The second kappa shape index (κ2) is 4.81. The number of nitrogens with zero attached hydrogens (tertiary/aromatic N) is 1. The summed E-state index contributed by atoms with van der Waals surface area (Å²) in [6, 6.07) is 5.83. The number of benzene rings is 1. The number of fused-ring (bicyclic) bond motifs is 1. The standard InChI is InChI=1S/C14H16ClNO2/c15-13(14(17)16-6-1-2-7-16)11-3-4-12-10(9-11)5-8-18-12/h3-4,9,13H,1-2,5-8H2. The third kappa shape index (κ3) is 2.07. The number of halogens is 1. The van der Waals surface area contributed by atoms with Crippen LogP contribution in [0.3, 0.4) is 0 Å². The fourth-order valence-electron chi connectivity index (χ4n) is 2.60. The van der Waals surface area contributed by atoms with Gasteiger partial charge < -0.3 is 9.64 Å². The molecule has 0 radical (unpaired) electrons. The summed E-state index contributed by atoms with van der Waals surface area (Å²) in [4.78, 5) is 14.1. The van der Waals surface area contributed by atoms with Gasteiger partial charge >= 0.3 is 0 Å². The minimum Gasteiger partial charge on any atom is -0.493 e. The molecule has 1 unspecified atom stereocenters. The average Bonchev–Trinajstić information content (AvgIpc) is 3.06. The van der Waals surface area contributed by atoms with E-state index >= 15 is 0 Å². The maximum atomic E-state index is 12.2. The van der Waals surface area contributed by atoms with Gasteiger partial charge in [0.15, 0.2) is 0 Å². The fourth-order valence-corrected chi connectivity index (χ4v) is 2.88. The molecule has 0 bridgehead atoms. The Labute approximate surface area is 112 Å². The summed E-state index contributed by atoms with van der Waals surface area (Å²) in [6.07, 6.45) is 3.09. The van der Waals surface area contributed by atoms with Crippen molar-refractivity contribution in [3.63, 3.8) is 0 Å². The van der Waals surface area contributed by atoms with Crippen LogP contribution in [0.1, 0.15) is 29.3 Å². The van der Waals surface area contributed by atoms with Crippen LogP contribution in [0.2, 0.25) is 0 Å². The molecule has 3 nitrogen and oxygen atoms in total. The lowest BCUT2D eigenvalue weighted by atomic mass is 10.1. The Morgan fingerprint density at radius 1 is 1.33 bits per heavy atom. The molecule has 1 fully saturated rings. The third-order valence-corrected chi connectivity index (χ3v) is 4.08. The number of carbonyl (C=O) groups is 1. The van der Waals surface area contributed by atoms with Crippen molar-refractivity contribution in [1.29, 1.82) is 0 Å². The molecule has 1 saturated heterocycles. The van der Waals surface area contributed by atoms with Gasteiger partial charge in [-0.25, -0.2) is 0 Å². The number of rotatable bonds is 2. The Hall–Kier alpha value is -1.22. The molecule has 2 aliphatic heterocycles. The van der Waals surface area contributed by atoms with Crippen LogP contribution < -0.4 is 4.74 Å². The minimum absolute atomic E-state index is 0.0352. The maximum absolute atomic E-state index is 12.2. The molecular weight excluding hydrogens is 250 g/mol. The maximum Gasteiger partial charge on any atom is 0.245 e. The molecule has 0 aliphatic carbocycles. The zero-order valence-electron chi connectivity index (χ0n) is 10.2. The quantitative estimate of drug-likeness (QED) is 0.769. The molecule has 1 atom stereocenters. The van der Waals surface area contributed by atoms with Crippen molar-refractivity contribution < 1.29 is 9.53 Å². The van der Waals surface area contributed by atoms with E-state index in [1.807, 2.05) is 23.1 Å². The SMILES string of the molecule is O=C(C(Cl)c1ccc2c(c1)CCO2)N1CCCC1. The fraction of sp³-hybridized carbons (Fsp3) is 0.500. The van der Waals surface area contributed by atoms with E-state index in [0.717, 1.165) is 55.8 Å². The number of amides is 1. The Morgan fingerprint density at radius 2 is 2.11 bits per heavy atom. The van der Waals surface area contributed by atoms with E-state index in [2.05, 4.69) is 0 Å². The predicted molar refractivity (Wildman–Crippen MR) is 70.0 cm³/mol. The van der Waals surface area contributed by atoms with E-state index in [1.54, 1.807) is 0 Å². The first-order valence-electron chi connectivity index (χ1n) is 6.44. The second-order valence-corrected chi connectivity index (χ2v) is 5.30. The van der Waals surface area contributed by atoms with Crippen LogP contribution in [-0.2, 0) is 11.2 Å². The number of hydrogen-bond donors (Lipinski definition) is 0. The van der Waals surface area contributed by atoms with Gasteiger partial charge in [0.05, 0.1) is 6.61 Å². The van der Waals surface area contributed by atoms with Gasteiger partial charge in [-0.2, -0.15) is 0 Å². The van der Waals surface area contributed by atoms with Crippen molar-refractivity contribution in [3.8, 4) is 5.75 Å². The lowest BCUT2D eigenvalue weighted by Gasteiger charge is -2.19. The van der Waals surface area contributed by atoms with Gasteiger partial charge in [0, 0.05) is 19.5 Å². The summed E-state index contributed by atoms with van der Waals surface area (Å²) in [5, 5.41) is -0.561. The Morgan fingerprint density at radius 3 is 2.89 bits per heavy atom. The molecule has 2 heterocycles. The predicted octanol–water partition coefficient (Wildman–Crippen LogP) is 2.52. The molecule has 2 aliphatic rings. The van der Waals surface area contributed by atoms with Crippen LogP contribution in [-0.4, -0.2) is 30.5 Å². The van der Waals surface area contributed by atoms with Gasteiger partial charge in [-0.15, -0.1) is 11.6 Å². The molecule has 1 amide bonds. The Balaban J connectivity index is 1.79. The molecule has 0 N–H and O–H groups in total. The summed E-state index contributed by atoms with van der Waals surface area (Å²) < 4.78 is 5.46. The van der Waals surface area contributed by atoms with Crippen molar-refractivity contribution in [3.05, 3.63) is 29.3 Å². The van der Waals surface area contributed by atoms with Gasteiger partial charge in [0.1, 0.15) is 11.1 Å². The van der Waals surface area contributed by atoms with Gasteiger partial charge in [0.25, 0.3) is 0 Å². The van der Waals surface area contributed by atoms with Gasteiger partial charge in [-0.05, 0) is 36.1 Å². The van der Waals surface area contributed by atoms with Crippen LogP contribution in [0.4, 0.5) is 0 Å². The molecule has 0 saturated carbocycles. The number of likely N-dealkylation sites (tertiary alicyclic amines) is 1. The van der Waals surface area contributed by atoms with E-state index in [-0.39, 0.29) is 5.91 Å². The summed E-state index contributed by atoms with van der Waals surface area (Å²) in [7, 11) is 0. The van der Waals surface area contributed by atoms with Gasteiger partial charge in [-0.3, -0.25) is 4.79 Å². The molecule has 96 valence electrons. The summed E-state index contributed by atoms with van der Waals surface area (Å²) in [5.41, 5.74) is 2.05. The highest BCUT2D eigenvalue weighted by atomic mass is 35.5. The monoisotopic (exact) mass is 265 g/mol. The highest BCUT2D eigenvalue weighted by Gasteiger charge is 2.27. The summed E-state index contributed by atoms with van der Waals surface area (Å²) in [6.45, 7) is 2.41. The largest absolute Gasteiger partial charge is 0.493 e. The first-order valence-corrected chi connectivity index (χ1v) is 6.88. The van der Waals surface area contributed by atoms with E-state index < -0.39 is 5.38 Å². The first-order chi connectivity index (χ1) is 8.75. The van der Waals surface area contributed by atoms with Crippen LogP contribution in [0.5, 0.6) is 5.75 Å². The minimum atomic E-state index is -0.561. The molecule has 1 aromatic rings. The lowest BCUT2D eigenvalue weighted by Crippen LogP contribution is -2.30. The molecule has 1 aromatic carbocycles. The highest BCUT2D eigenvalue weighted by molar-refractivity contribution is 6.30. The van der Waals surface area contributed by atoms with E-state index in [4.69, 9.17) is 16.3 Å². The molecule has 4 heteroatoms. The summed E-state index contributed by atoms with van der Waals surface area (Å²) >= 11 is 6.31. The normalized spacial score (nSPS) is 19.5. The Kier molecular flexibility index (Phi) is 3.16. The van der Waals surface area contributed by atoms with E-state index in [1.165, 1.54) is 0 Å². The second-order valence-electron chi connectivity index (χ2n) is 4.86. The van der Waals surface area contributed by atoms with Crippen molar-refractivity contribution in [1.82, 2.24) is 4.90 Å². The van der Waals surface area contributed by atoms with Crippen molar-refractivity contribution in [2.75, 3.05) is 19.7 Å². The molecule has 0 spiro atoms. The molecule has 3 rings (SSSR count). The lowest BCUT2D eigenvalue weighted by molar-refractivity contribution is -0.129. The smallest absolute Gasteiger partial charge is 0.245 e. The van der Waals surface area contributed by atoms with E-state index in [0.29, 0.717) is 0 Å². The number of carbonyl (C=O) groups excluding carboxylic acids is 1. The van der Waals surface area contributed by atoms with Crippen LogP contribution >= 0.6 is 11.6 Å².